The van der Waals surface area contributed by atoms with Gasteiger partial charge in [-0.3, -0.25) is 4.98 Å². The Morgan fingerprint density at radius 2 is 2.11 bits per heavy atom. The smallest absolute Gasteiger partial charge is 0.283 e. The van der Waals surface area contributed by atoms with Gasteiger partial charge in [-0.05, 0) is 43.0 Å². The molecule has 1 fully saturated rings. The fourth-order valence-corrected chi connectivity index (χ4v) is 4.99. The lowest BCUT2D eigenvalue weighted by Crippen LogP contribution is -2.52. The van der Waals surface area contributed by atoms with Crippen molar-refractivity contribution in [3.05, 3.63) is 47.2 Å². The maximum Gasteiger partial charge on any atom is 0.283 e. The van der Waals surface area contributed by atoms with Crippen molar-refractivity contribution in [2.24, 2.45) is 16.6 Å². The van der Waals surface area contributed by atoms with Crippen LogP contribution < -0.4 is 10.5 Å². The van der Waals surface area contributed by atoms with Crippen molar-refractivity contribution in [1.29, 1.82) is 0 Å². The predicted octanol–water partition coefficient (Wildman–Crippen LogP) is 3.52. The second kappa shape index (κ2) is 6.64. The molecule has 2 aliphatic heterocycles. The van der Waals surface area contributed by atoms with Gasteiger partial charge in [-0.2, -0.15) is 0 Å². The molecule has 0 amide bonds. The molecule has 6 nitrogen and oxygen atoms in total. The van der Waals surface area contributed by atoms with Gasteiger partial charge in [-0.25, -0.2) is 4.99 Å². The highest BCUT2D eigenvalue weighted by Crippen LogP contribution is 2.53. The average molecular weight is 400 g/mol. The number of fused-ring (bicyclic) bond motifs is 4. The molecule has 28 heavy (non-hydrogen) atoms. The molecule has 7 heteroatoms. The summed E-state index contributed by atoms with van der Waals surface area (Å²) in [6.07, 6.45) is 6.48. The first-order valence-electron chi connectivity index (χ1n) is 9.52. The topological polar surface area (TPSA) is 79.0 Å². The predicted molar refractivity (Wildman–Crippen MR) is 106 cm³/mol. The summed E-state index contributed by atoms with van der Waals surface area (Å²) in [6, 6.07) is 8.29. The van der Waals surface area contributed by atoms with E-state index in [4.69, 9.17) is 36.5 Å². The molecule has 4 unspecified atom stereocenters. The van der Waals surface area contributed by atoms with Crippen molar-refractivity contribution in [2.45, 2.75) is 37.0 Å². The minimum absolute atomic E-state index is 0.0795. The standard InChI is InChI=1S/C21H22ClN3O3/c1-26-15-3-5-19-17(8-15)21(11-27-20(23)25-21)16-7-12(2-4-18(16)28-19)13-6-14(22)10-24-9-13/h2,4,6-7,9-10,15,17,19H,3,5,8,11H2,1H3,(H2,23,25). The van der Waals surface area contributed by atoms with Crippen molar-refractivity contribution in [3.63, 3.8) is 0 Å². The van der Waals surface area contributed by atoms with Crippen molar-refractivity contribution >= 4 is 17.6 Å². The number of halogens is 1. The van der Waals surface area contributed by atoms with E-state index in [-0.39, 0.29) is 24.1 Å². The molecule has 1 spiro atoms. The van der Waals surface area contributed by atoms with Crippen LogP contribution in [0.5, 0.6) is 5.75 Å². The first-order chi connectivity index (χ1) is 13.6. The molecule has 2 aromatic rings. The van der Waals surface area contributed by atoms with Gasteiger partial charge in [-0.15, -0.1) is 0 Å². The summed E-state index contributed by atoms with van der Waals surface area (Å²) in [7, 11) is 1.77. The van der Waals surface area contributed by atoms with Crippen LogP contribution >= 0.6 is 11.6 Å². The van der Waals surface area contributed by atoms with E-state index in [1.807, 2.05) is 18.2 Å². The summed E-state index contributed by atoms with van der Waals surface area (Å²) in [6.45, 7) is 0.421. The number of aromatic nitrogens is 1. The Balaban J connectivity index is 1.64. The van der Waals surface area contributed by atoms with Gasteiger partial charge < -0.3 is 19.9 Å². The number of nitrogens with two attached hydrogens (primary N) is 1. The number of ether oxygens (including phenoxy) is 3. The summed E-state index contributed by atoms with van der Waals surface area (Å²) >= 11 is 6.14. The van der Waals surface area contributed by atoms with Crippen LogP contribution in [-0.4, -0.2) is 36.9 Å². The van der Waals surface area contributed by atoms with E-state index < -0.39 is 5.54 Å². The molecule has 0 radical (unpaired) electrons. The number of nitrogens with zero attached hydrogens (tertiary/aromatic N) is 2. The summed E-state index contributed by atoms with van der Waals surface area (Å²) in [5.41, 5.74) is 8.39. The molecule has 2 N–H and O–H groups in total. The molecule has 1 aliphatic carbocycles. The SMILES string of the molecule is COC1CCC2Oc3ccc(-c4cncc(Cl)c4)cc3C3(COC(N)=N3)C2C1. The fourth-order valence-electron chi connectivity index (χ4n) is 4.82. The molecule has 4 atom stereocenters. The Morgan fingerprint density at radius 1 is 1.21 bits per heavy atom. The first-order valence-corrected chi connectivity index (χ1v) is 9.90. The van der Waals surface area contributed by atoms with Crippen molar-refractivity contribution in [3.8, 4) is 16.9 Å². The number of rotatable bonds is 2. The molecule has 1 aromatic carbocycles. The number of benzene rings is 1. The zero-order valence-electron chi connectivity index (χ0n) is 15.6. The summed E-state index contributed by atoms with van der Waals surface area (Å²) in [5, 5.41) is 0.600. The molecular formula is C21H22ClN3O3. The number of pyridine rings is 1. The summed E-state index contributed by atoms with van der Waals surface area (Å²) in [4.78, 5) is 9.03. The Morgan fingerprint density at radius 3 is 2.86 bits per heavy atom. The third-order valence-electron chi connectivity index (χ3n) is 6.20. The number of amidine groups is 1. The van der Waals surface area contributed by atoms with Crippen LogP contribution in [0, 0.1) is 5.92 Å². The first kappa shape index (κ1) is 17.8. The van der Waals surface area contributed by atoms with Crippen molar-refractivity contribution < 1.29 is 14.2 Å². The molecule has 146 valence electrons. The van der Waals surface area contributed by atoms with Gasteiger partial charge in [0.05, 0.1) is 11.1 Å². The lowest BCUT2D eigenvalue weighted by molar-refractivity contribution is -0.0490. The van der Waals surface area contributed by atoms with E-state index in [1.54, 1.807) is 19.5 Å². The number of aliphatic imine (C=N–C) groups is 1. The van der Waals surface area contributed by atoms with E-state index in [1.165, 1.54) is 0 Å². The van der Waals surface area contributed by atoms with Crippen LogP contribution in [0.2, 0.25) is 5.02 Å². The van der Waals surface area contributed by atoms with E-state index in [0.29, 0.717) is 11.6 Å². The Kier molecular flexibility index (Phi) is 4.21. The van der Waals surface area contributed by atoms with E-state index >= 15 is 0 Å². The molecule has 1 aromatic heterocycles. The molecule has 0 saturated heterocycles. The number of hydrogen-bond donors (Lipinski definition) is 1. The van der Waals surface area contributed by atoms with Crippen LogP contribution in [0.25, 0.3) is 11.1 Å². The zero-order chi connectivity index (χ0) is 19.3. The minimum atomic E-state index is -0.554. The van der Waals surface area contributed by atoms with Gasteiger partial charge in [-0.1, -0.05) is 17.7 Å². The fraction of sp³-hybridized carbons (Fsp3) is 0.429. The lowest BCUT2D eigenvalue weighted by atomic mass is 9.67. The average Bonchev–Trinajstić information content (AvgIpc) is 3.10. The maximum atomic E-state index is 6.40. The molecule has 1 saturated carbocycles. The highest BCUT2D eigenvalue weighted by Gasteiger charge is 2.55. The second-order valence-corrected chi connectivity index (χ2v) is 8.14. The molecule has 3 aliphatic rings. The molecule has 0 bridgehead atoms. The Labute approximate surface area is 168 Å². The highest BCUT2D eigenvalue weighted by atomic mass is 35.5. The number of hydrogen-bond acceptors (Lipinski definition) is 6. The van der Waals surface area contributed by atoms with Crippen LogP contribution in [0.15, 0.2) is 41.7 Å². The maximum absolute atomic E-state index is 6.40. The summed E-state index contributed by atoms with van der Waals surface area (Å²) < 4.78 is 17.8. The number of methoxy groups -OCH3 is 1. The van der Waals surface area contributed by atoms with Crippen molar-refractivity contribution in [2.75, 3.05) is 13.7 Å². The Hall–Kier alpha value is -2.31. The van der Waals surface area contributed by atoms with Crippen LogP contribution in [0.3, 0.4) is 0 Å². The molecule has 3 heterocycles. The van der Waals surface area contributed by atoms with E-state index in [9.17, 15) is 0 Å². The van der Waals surface area contributed by atoms with Crippen molar-refractivity contribution in [1.82, 2.24) is 4.98 Å². The minimum Gasteiger partial charge on any atom is -0.490 e. The van der Waals surface area contributed by atoms with Crippen LogP contribution in [-0.2, 0) is 15.0 Å². The lowest BCUT2D eigenvalue weighted by Gasteiger charge is -2.47. The zero-order valence-corrected chi connectivity index (χ0v) is 16.4. The quantitative estimate of drug-likeness (QED) is 0.835. The monoisotopic (exact) mass is 399 g/mol. The van der Waals surface area contributed by atoms with E-state index in [0.717, 1.165) is 41.7 Å². The summed E-state index contributed by atoms with van der Waals surface area (Å²) in [5.74, 6) is 0.991. The largest absolute Gasteiger partial charge is 0.490 e. The Bertz CT molecular complexity index is 950. The van der Waals surface area contributed by atoms with E-state index in [2.05, 4.69) is 11.1 Å². The van der Waals surface area contributed by atoms with Crippen LogP contribution in [0.4, 0.5) is 0 Å². The highest BCUT2D eigenvalue weighted by molar-refractivity contribution is 6.30. The van der Waals surface area contributed by atoms with Gasteiger partial charge in [0, 0.05) is 36.5 Å². The normalized spacial score (nSPS) is 30.8. The van der Waals surface area contributed by atoms with Gasteiger partial charge in [0.1, 0.15) is 24.0 Å². The van der Waals surface area contributed by atoms with Gasteiger partial charge in [0.25, 0.3) is 6.02 Å². The second-order valence-electron chi connectivity index (χ2n) is 7.70. The van der Waals surface area contributed by atoms with Crippen LogP contribution in [0.1, 0.15) is 24.8 Å². The third-order valence-corrected chi connectivity index (χ3v) is 6.40. The van der Waals surface area contributed by atoms with Gasteiger partial charge >= 0.3 is 0 Å². The molecular weight excluding hydrogens is 378 g/mol. The molecule has 5 rings (SSSR count). The van der Waals surface area contributed by atoms with Gasteiger partial charge in [0.15, 0.2) is 0 Å². The van der Waals surface area contributed by atoms with Gasteiger partial charge in [0.2, 0.25) is 0 Å². The third kappa shape index (κ3) is 2.74.